The van der Waals surface area contributed by atoms with Gasteiger partial charge in [-0.3, -0.25) is 4.98 Å². The fraction of sp³-hybridized carbons (Fsp3) is 0.167. The summed E-state index contributed by atoms with van der Waals surface area (Å²) in [5.41, 5.74) is 5.45. The highest BCUT2D eigenvalue weighted by molar-refractivity contribution is 8.00. The van der Waals surface area contributed by atoms with E-state index in [-0.39, 0.29) is 5.82 Å². The molecule has 0 aliphatic rings. The SMILES string of the molecule is CCCSNc1cccc(-c2cn(-c3ccc(C)cc3)nc2-c2ccncc2)c1F. The summed E-state index contributed by atoms with van der Waals surface area (Å²) in [5, 5.41) is 4.80. The molecule has 0 unspecified atom stereocenters. The first-order valence-corrected chi connectivity index (χ1v) is 10.9. The first-order chi connectivity index (χ1) is 14.7. The largest absolute Gasteiger partial charge is 0.327 e. The second-order valence-corrected chi connectivity index (χ2v) is 7.93. The first-order valence-electron chi connectivity index (χ1n) is 9.91. The molecule has 152 valence electrons. The average Bonchev–Trinajstić information content (AvgIpc) is 3.21. The molecule has 30 heavy (non-hydrogen) atoms. The highest BCUT2D eigenvalue weighted by atomic mass is 32.2. The van der Waals surface area contributed by atoms with E-state index < -0.39 is 0 Å². The molecule has 0 bridgehead atoms. The van der Waals surface area contributed by atoms with Gasteiger partial charge in [0.1, 0.15) is 5.69 Å². The van der Waals surface area contributed by atoms with Gasteiger partial charge in [-0.1, -0.05) is 48.7 Å². The Labute approximate surface area is 180 Å². The summed E-state index contributed by atoms with van der Waals surface area (Å²) in [5.74, 6) is 0.636. The van der Waals surface area contributed by atoms with Crippen molar-refractivity contribution in [2.24, 2.45) is 0 Å². The van der Waals surface area contributed by atoms with Crippen LogP contribution in [-0.2, 0) is 0 Å². The molecule has 4 rings (SSSR count). The van der Waals surface area contributed by atoms with Gasteiger partial charge in [0.05, 0.1) is 11.4 Å². The van der Waals surface area contributed by atoms with Crippen molar-refractivity contribution in [1.29, 1.82) is 0 Å². The summed E-state index contributed by atoms with van der Waals surface area (Å²) in [6, 6.07) is 17.3. The van der Waals surface area contributed by atoms with E-state index in [0.717, 1.165) is 34.7 Å². The van der Waals surface area contributed by atoms with Gasteiger partial charge in [0.2, 0.25) is 0 Å². The molecule has 0 fully saturated rings. The molecule has 2 heterocycles. The van der Waals surface area contributed by atoms with Crippen LogP contribution in [0.2, 0.25) is 0 Å². The van der Waals surface area contributed by atoms with Crippen molar-refractivity contribution in [2.75, 3.05) is 10.5 Å². The molecule has 0 saturated heterocycles. The number of hydrogen-bond donors (Lipinski definition) is 1. The van der Waals surface area contributed by atoms with Gasteiger partial charge in [0.25, 0.3) is 0 Å². The first kappa shape index (κ1) is 20.2. The monoisotopic (exact) mass is 418 g/mol. The van der Waals surface area contributed by atoms with Crippen LogP contribution in [0.1, 0.15) is 18.9 Å². The smallest absolute Gasteiger partial charge is 0.155 e. The zero-order valence-electron chi connectivity index (χ0n) is 17.0. The number of hydrogen-bond acceptors (Lipinski definition) is 4. The Morgan fingerprint density at radius 2 is 1.77 bits per heavy atom. The number of pyridine rings is 1. The Morgan fingerprint density at radius 3 is 2.50 bits per heavy atom. The molecule has 6 heteroatoms. The molecule has 2 aromatic heterocycles. The molecule has 1 N–H and O–H groups in total. The Balaban J connectivity index is 1.82. The summed E-state index contributed by atoms with van der Waals surface area (Å²) in [4.78, 5) is 4.10. The minimum absolute atomic E-state index is 0.278. The van der Waals surface area contributed by atoms with Crippen molar-refractivity contribution in [3.8, 4) is 28.1 Å². The minimum atomic E-state index is -0.278. The van der Waals surface area contributed by atoms with E-state index in [1.165, 1.54) is 17.5 Å². The molecule has 0 aliphatic carbocycles. The van der Waals surface area contributed by atoms with Crippen molar-refractivity contribution < 1.29 is 4.39 Å². The van der Waals surface area contributed by atoms with Crippen LogP contribution in [0, 0.1) is 12.7 Å². The summed E-state index contributed by atoms with van der Waals surface area (Å²) >= 11 is 1.51. The van der Waals surface area contributed by atoms with Crippen LogP contribution in [0.25, 0.3) is 28.1 Å². The van der Waals surface area contributed by atoms with Crippen molar-refractivity contribution in [3.05, 3.63) is 84.6 Å². The van der Waals surface area contributed by atoms with Crippen LogP contribution in [0.15, 0.2) is 73.2 Å². The number of halogens is 1. The standard InChI is InChI=1S/C24H23FN4S/c1-3-15-30-28-22-6-4-5-20(23(22)25)21-16-29(19-9-7-17(2)8-10-19)27-24(21)18-11-13-26-14-12-18/h4-14,16,28H,3,15H2,1-2H3. The lowest BCUT2D eigenvalue weighted by molar-refractivity contribution is 0.636. The van der Waals surface area contributed by atoms with Gasteiger partial charge in [0.15, 0.2) is 5.82 Å². The third-order valence-corrected chi connectivity index (χ3v) is 5.72. The van der Waals surface area contributed by atoms with Crippen LogP contribution >= 0.6 is 11.9 Å². The maximum atomic E-state index is 15.4. The molecule has 0 spiro atoms. The number of rotatable bonds is 7. The minimum Gasteiger partial charge on any atom is -0.327 e. The number of anilines is 1. The number of nitrogens with one attached hydrogen (secondary N) is 1. The molecule has 4 aromatic rings. The van der Waals surface area contributed by atoms with Crippen LogP contribution in [0.5, 0.6) is 0 Å². The Kier molecular flexibility index (Phi) is 6.14. The highest BCUT2D eigenvalue weighted by Crippen LogP contribution is 2.36. The quantitative estimate of drug-likeness (QED) is 0.274. The van der Waals surface area contributed by atoms with Crippen molar-refractivity contribution >= 4 is 17.6 Å². The Hall–Kier alpha value is -3.12. The van der Waals surface area contributed by atoms with E-state index in [0.29, 0.717) is 11.3 Å². The summed E-state index contributed by atoms with van der Waals surface area (Å²) < 4.78 is 20.4. The maximum Gasteiger partial charge on any atom is 0.155 e. The average molecular weight is 419 g/mol. The van der Waals surface area contributed by atoms with Crippen LogP contribution < -0.4 is 4.72 Å². The van der Waals surface area contributed by atoms with Gasteiger partial charge in [-0.15, -0.1) is 0 Å². The van der Waals surface area contributed by atoms with Crippen LogP contribution in [0.3, 0.4) is 0 Å². The van der Waals surface area contributed by atoms with Gasteiger partial charge in [-0.05, 0) is 43.7 Å². The topological polar surface area (TPSA) is 42.7 Å². The van der Waals surface area contributed by atoms with Gasteiger partial charge < -0.3 is 4.72 Å². The normalized spacial score (nSPS) is 10.9. The summed E-state index contributed by atoms with van der Waals surface area (Å²) in [6.45, 7) is 4.15. The number of nitrogens with zero attached hydrogens (tertiary/aromatic N) is 3. The molecule has 0 atom stereocenters. The van der Waals surface area contributed by atoms with E-state index in [4.69, 9.17) is 5.10 Å². The maximum absolute atomic E-state index is 15.4. The van der Waals surface area contributed by atoms with Crippen molar-refractivity contribution in [2.45, 2.75) is 20.3 Å². The second kappa shape index (κ2) is 9.13. The van der Waals surface area contributed by atoms with Crippen molar-refractivity contribution in [1.82, 2.24) is 14.8 Å². The van der Waals surface area contributed by atoms with Gasteiger partial charge in [-0.2, -0.15) is 5.10 Å². The van der Waals surface area contributed by atoms with E-state index >= 15 is 4.39 Å². The van der Waals surface area contributed by atoms with E-state index in [9.17, 15) is 0 Å². The fourth-order valence-corrected chi connectivity index (χ4v) is 3.79. The van der Waals surface area contributed by atoms with E-state index in [2.05, 4.69) is 16.6 Å². The van der Waals surface area contributed by atoms with Crippen molar-refractivity contribution in [3.63, 3.8) is 0 Å². The molecular weight excluding hydrogens is 395 g/mol. The van der Waals surface area contributed by atoms with Crippen LogP contribution in [0.4, 0.5) is 10.1 Å². The van der Waals surface area contributed by atoms with Gasteiger partial charge in [-0.25, -0.2) is 9.07 Å². The lowest BCUT2D eigenvalue weighted by Gasteiger charge is -2.10. The summed E-state index contributed by atoms with van der Waals surface area (Å²) in [7, 11) is 0. The van der Waals surface area contributed by atoms with Gasteiger partial charge >= 0.3 is 0 Å². The molecule has 0 saturated carbocycles. The third kappa shape index (κ3) is 4.24. The van der Waals surface area contributed by atoms with Crippen LogP contribution in [-0.4, -0.2) is 20.5 Å². The predicted molar refractivity (Wildman–Crippen MR) is 123 cm³/mol. The molecule has 0 amide bonds. The Morgan fingerprint density at radius 1 is 1.00 bits per heavy atom. The van der Waals surface area contributed by atoms with E-state index in [1.54, 1.807) is 29.2 Å². The molecule has 4 nitrogen and oxygen atoms in total. The molecule has 2 aromatic carbocycles. The molecular formula is C24H23FN4S. The number of benzene rings is 2. The predicted octanol–water partition coefficient (Wildman–Crippen LogP) is 6.52. The summed E-state index contributed by atoms with van der Waals surface area (Å²) in [6.07, 6.45) is 6.36. The lowest BCUT2D eigenvalue weighted by Crippen LogP contribution is -1.95. The zero-order valence-corrected chi connectivity index (χ0v) is 17.8. The molecule has 0 aliphatic heterocycles. The zero-order chi connectivity index (χ0) is 20.9. The van der Waals surface area contributed by atoms with Gasteiger partial charge in [0, 0.05) is 41.0 Å². The molecule has 0 radical (unpaired) electrons. The Bertz CT molecular complexity index is 1120. The highest BCUT2D eigenvalue weighted by Gasteiger charge is 2.19. The number of aromatic nitrogens is 3. The third-order valence-electron chi connectivity index (χ3n) is 4.74. The fourth-order valence-electron chi connectivity index (χ4n) is 3.17. The lowest BCUT2D eigenvalue weighted by atomic mass is 10.0. The second-order valence-electron chi connectivity index (χ2n) is 7.03. The number of aryl methyl sites for hydroxylation is 1. The van der Waals surface area contributed by atoms with E-state index in [1.807, 2.05) is 55.6 Å².